The van der Waals surface area contributed by atoms with E-state index >= 15 is 0 Å². The minimum absolute atomic E-state index is 0.247. The molecule has 0 saturated carbocycles. The van der Waals surface area contributed by atoms with Gasteiger partial charge in [0, 0.05) is 40.8 Å². The number of ketones is 1. The van der Waals surface area contributed by atoms with Crippen molar-refractivity contribution < 1.29 is 9.59 Å². The number of halogens is 1. The fourth-order valence-electron chi connectivity index (χ4n) is 4.62. The van der Waals surface area contributed by atoms with Crippen LogP contribution in [0.15, 0.2) is 109 Å². The zero-order valence-electron chi connectivity index (χ0n) is 21.7. The minimum atomic E-state index is -0.342. The summed E-state index contributed by atoms with van der Waals surface area (Å²) in [5.41, 5.74) is 11.1. The molecule has 6 rings (SSSR count). The highest BCUT2D eigenvalue weighted by molar-refractivity contribution is 6.30. The predicted octanol–water partition coefficient (Wildman–Crippen LogP) is 5.88. The quantitative estimate of drug-likeness (QED) is 0.236. The number of pyridine rings is 2. The first kappa shape index (κ1) is 25.9. The molecule has 0 aliphatic rings. The van der Waals surface area contributed by atoms with Gasteiger partial charge in [0.1, 0.15) is 11.3 Å². The van der Waals surface area contributed by atoms with Crippen molar-refractivity contribution >= 4 is 40.3 Å². The summed E-state index contributed by atoms with van der Waals surface area (Å²) in [6.07, 6.45) is 3.36. The van der Waals surface area contributed by atoms with Gasteiger partial charge in [-0.15, -0.1) is 0 Å². The van der Waals surface area contributed by atoms with Crippen LogP contribution in [0.25, 0.3) is 28.2 Å². The first-order chi connectivity index (χ1) is 20.0. The summed E-state index contributed by atoms with van der Waals surface area (Å²) in [5, 5.41) is 3.47. The third-order valence-electron chi connectivity index (χ3n) is 6.67. The highest BCUT2D eigenvalue weighted by Crippen LogP contribution is 2.30. The van der Waals surface area contributed by atoms with Crippen LogP contribution in [0.2, 0.25) is 5.02 Å². The lowest BCUT2D eigenvalue weighted by Gasteiger charge is -2.12. The number of fused-ring (bicyclic) bond motifs is 1. The summed E-state index contributed by atoms with van der Waals surface area (Å²) in [6, 6.07) is 28.5. The van der Waals surface area contributed by atoms with Crippen LogP contribution in [0.5, 0.6) is 0 Å². The Kier molecular flexibility index (Phi) is 6.97. The Balaban J connectivity index is 1.24. The molecule has 41 heavy (non-hydrogen) atoms. The number of amides is 1. The molecule has 8 nitrogen and oxygen atoms in total. The van der Waals surface area contributed by atoms with Gasteiger partial charge in [-0.25, -0.2) is 15.0 Å². The molecule has 1 amide bonds. The molecule has 3 heterocycles. The molecule has 3 aromatic heterocycles. The smallest absolute Gasteiger partial charge is 0.252 e. The molecule has 0 aliphatic carbocycles. The van der Waals surface area contributed by atoms with Crippen molar-refractivity contribution in [3.8, 4) is 17.1 Å². The summed E-state index contributed by atoms with van der Waals surface area (Å²) in [7, 11) is 0. The van der Waals surface area contributed by atoms with Crippen LogP contribution in [0.1, 0.15) is 31.8 Å². The van der Waals surface area contributed by atoms with Crippen molar-refractivity contribution in [2.45, 2.75) is 6.54 Å². The monoisotopic (exact) mass is 558 g/mol. The third kappa shape index (κ3) is 5.16. The lowest BCUT2D eigenvalue weighted by molar-refractivity contribution is 0.0939. The van der Waals surface area contributed by atoms with E-state index in [1.54, 1.807) is 60.9 Å². The Labute approximate surface area is 240 Å². The molecule has 0 radical (unpaired) electrons. The Hall–Kier alpha value is -5.34. The van der Waals surface area contributed by atoms with Gasteiger partial charge in [-0.05, 0) is 72.3 Å². The second kappa shape index (κ2) is 11.0. The number of nitrogen functional groups attached to an aromatic ring is 1. The molecule has 3 N–H and O–H groups in total. The minimum Gasteiger partial charge on any atom is -0.383 e. The number of carbonyl (C=O) groups excluding carboxylic acids is 2. The largest absolute Gasteiger partial charge is 0.383 e. The number of imidazole rings is 1. The fourth-order valence-corrected chi connectivity index (χ4v) is 4.75. The molecule has 0 atom stereocenters. The van der Waals surface area contributed by atoms with Gasteiger partial charge in [-0.1, -0.05) is 41.9 Å². The normalized spacial score (nSPS) is 11.0. The van der Waals surface area contributed by atoms with E-state index in [9.17, 15) is 9.59 Å². The summed E-state index contributed by atoms with van der Waals surface area (Å²) < 4.78 is 1.93. The fraction of sp³-hybridized carbons (Fsp3) is 0.0312. The third-order valence-corrected chi connectivity index (χ3v) is 6.92. The topological polar surface area (TPSA) is 116 Å². The molecule has 0 fully saturated rings. The van der Waals surface area contributed by atoms with E-state index in [-0.39, 0.29) is 18.2 Å². The molecule has 0 saturated heterocycles. The van der Waals surface area contributed by atoms with Gasteiger partial charge in [-0.2, -0.15) is 0 Å². The number of nitrogens with zero attached hydrogens (tertiary/aromatic N) is 4. The maximum absolute atomic E-state index is 13.1. The van der Waals surface area contributed by atoms with Crippen molar-refractivity contribution in [3.05, 3.63) is 137 Å². The van der Waals surface area contributed by atoms with E-state index < -0.39 is 0 Å². The Morgan fingerprint density at radius 3 is 2.27 bits per heavy atom. The standard InChI is InChI=1S/C32H23ClN6O2/c33-22-13-11-21(12-14-22)28(40)24-5-1-2-6-25(24)32(41)37-19-20-9-15-23(16-10-20)39-30(26-7-3-17-35-29(26)34)38-27-8-4-18-36-31(27)39/h1-18H,19H2,(H2,34,35)(H,37,41). The van der Waals surface area contributed by atoms with Crippen LogP contribution in [-0.2, 0) is 6.54 Å². The van der Waals surface area contributed by atoms with Crippen LogP contribution in [0.4, 0.5) is 5.82 Å². The number of hydrogen-bond acceptors (Lipinski definition) is 6. The number of carbonyl (C=O) groups is 2. The molecule has 0 bridgehead atoms. The molecular weight excluding hydrogens is 536 g/mol. The first-order valence-corrected chi connectivity index (χ1v) is 13.2. The van der Waals surface area contributed by atoms with Gasteiger partial charge < -0.3 is 11.1 Å². The number of anilines is 1. The van der Waals surface area contributed by atoms with Crippen molar-refractivity contribution in [2.24, 2.45) is 0 Å². The molecule has 0 unspecified atom stereocenters. The summed E-state index contributed by atoms with van der Waals surface area (Å²) in [6.45, 7) is 0.272. The predicted molar refractivity (Wildman–Crippen MR) is 159 cm³/mol. The van der Waals surface area contributed by atoms with Gasteiger partial charge >= 0.3 is 0 Å². The van der Waals surface area contributed by atoms with Crippen LogP contribution >= 0.6 is 11.6 Å². The summed E-state index contributed by atoms with van der Waals surface area (Å²) in [5.74, 6) is 0.416. The van der Waals surface area contributed by atoms with E-state index in [0.29, 0.717) is 44.6 Å². The highest BCUT2D eigenvalue weighted by atomic mass is 35.5. The van der Waals surface area contributed by atoms with E-state index in [0.717, 1.165) is 16.8 Å². The average molecular weight is 559 g/mol. The molecular formula is C32H23ClN6O2. The van der Waals surface area contributed by atoms with E-state index in [1.165, 1.54) is 0 Å². The number of aromatic nitrogens is 4. The second-order valence-corrected chi connectivity index (χ2v) is 9.72. The van der Waals surface area contributed by atoms with Crippen molar-refractivity contribution in [1.29, 1.82) is 0 Å². The number of hydrogen-bond donors (Lipinski definition) is 2. The summed E-state index contributed by atoms with van der Waals surface area (Å²) >= 11 is 5.96. The molecule has 0 spiro atoms. The van der Waals surface area contributed by atoms with Gasteiger partial charge in [0.25, 0.3) is 5.91 Å². The van der Waals surface area contributed by atoms with E-state index in [1.807, 2.05) is 53.1 Å². The maximum atomic E-state index is 13.1. The molecule has 3 aromatic carbocycles. The first-order valence-electron chi connectivity index (χ1n) is 12.8. The van der Waals surface area contributed by atoms with E-state index in [2.05, 4.69) is 15.3 Å². The van der Waals surface area contributed by atoms with Gasteiger partial charge in [0.2, 0.25) is 0 Å². The number of nitrogens with two attached hydrogens (primary N) is 1. The van der Waals surface area contributed by atoms with Crippen LogP contribution < -0.4 is 11.1 Å². The summed E-state index contributed by atoms with van der Waals surface area (Å²) in [4.78, 5) is 39.8. The number of nitrogens with one attached hydrogen (secondary N) is 1. The number of benzene rings is 3. The zero-order valence-corrected chi connectivity index (χ0v) is 22.4. The van der Waals surface area contributed by atoms with Crippen molar-refractivity contribution in [3.63, 3.8) is 0 Å². The maximum Gasteiger partial charge on any atom is 0.252 e. The van der Waals surface area contributed by atoms with Crippen LogP contribution in [0, 0.1) is 0 Å². The molecule has 200 valence electrons. The SMILES string of the molecule is Nc1ncccc1-c1nc2cccnc2n1-c1ccc(CNC(=O)c2ccccc2C(=O)c2ccc(Cl)cc2)cc1. The van der Waals surface area contributed by atoms with Crippen LogP contribution in [-0.4, -0.2) is 31.2 Å². The lowest BCUT2D eigenvalue weighted by Crippen LogP contribution is -2.25. The van der Waals surface area contributed by atoms with Crippen molar-refractivity contribution in [1.82, 2.24) is 24.8 Å². The Morgan fingerprint density at radius 1 is 0.805 bits per heavy atom. The second-order valence-electron chi connectivity index (χ2n) is 9.28. The van der Waals surface area contributed by atoms with Gasteiger partial charge in [-0.3, -0.25) is 14.2 Å². The Morgan fingerprint density at radius 2 is 1.51 bits per heavy atom. The zero-order chi connectivity index (χ0) is 28.3. The Bertz CT molecular complexity index is 1900. The molecule has 9 heteroatoms. The van der Waals surface area contributed by atoms with E-state index in [4.69, 9.17) is 22.3 Å². The number of rotatable bonds is 7. The van der Waals surface area contributed by atoms with Gasteiger partial charge in [0.05, 0.1) is 11.1 Å². The van der Waals surface area contributed by atoms with Gasteiger partial charge in [0.15, 0.2) is 17.3 Å². The molecule has 6 aromatic rings. The van der Waals surface area contributed by atoms with Crippen molar-refractivity contribution in [2.75, 3.05) is 5.73 Å². The average Bonchev–Trinajstić information content (AvgIpc) is 3.40. The lowest BCUT2D eigenvalue weighted by atomic mass is 9.98. The van der Waals surface area contributed by atoms with Crippen LogP contribution in [0.3, 0.4) is 0 Å². The molecule has 0 aliphatic heterocycles. The highest BCUT2D eigenvalue weighted by Gasteiger charge is 2.19.